The summed E-state index contributed by atoms with van der Waals surface area (Å²) in [7, 11) is 0. The van der Waals surface area contributed by atoms with Crippen LogP contribution in [0.2, 0.25) is 0 Å². The van der Waals surface area contributed by atoms with Crippen molar-refractivity contribution >= 4 is 23.6 Å². The van der Waals surface area contributed by atoms with Crippen molar-refractivity contribution in [2.45, 2.75) is 0 Å². The normalized spacial score (nSPS) is 11.8. The SMILES string of the molecule is O=C(O)COCC(=O)NC(=O)Nc1ccc2c(c1)OCO2. The monoisotopic (exact) mass is 296 g/mol. The number of benzene rings is 1. The molecule has 0 saturated carbocycles. The summed E-state index contributed by atoms with van der Waals surface area (Å²) >= 11 is 0. The van der Waals surface area contributed by atoms with Gasteiger partial charge in [-0.25, -0.2) is 9.59 Å². The molecule has 2 rings (SSSR count). The highest BCUT2D eigenvalue weighted by Gasteiger charge is 2.15. The predicted octanol–water partition coefficient (Wildman–Crippen LogP) is 0.165. The summed E-state index contributed by atoms with van der Waals surface area (Å²) in [5.41, 5.74) is 0.413. The molecule has 9 nitrogen and oxygen atoms in total. The molecule has 9 heteroatoms. The number of carboxylic acid groups (broad SMARTS) is 1. The van der Waals surface area contributed by atoms with Crippen LogP contribution in [0.1, 0.15) is 0 Å². The maximum absolute atomic E-state index is 11.5. The van der Waals surface area contributed by atoms with Crippen LogP contribution >= 0.6 is 0 Å². The number of carboxylic acids is 1. The maximum Gasteiger partial charge on any atom is 0.329 e. The largest absolute Gasteiger partial charge is 0.480 e. The fourth-order valence-corrected chi connectivity index (χ4v) is 1.53. The molecule has 112 valence electrons. The second-order valence-corrected chi connectivity index (χ2v) is 3.96. The first-order valence-corrected chi connectivity index (χ1v) is 5.84. The van der Waals surface area contributed by atoms with E-state index in [9.17, 15) is 14.4 Å². The van der Waals surface area contributed by atoms with E-state index in [2.05, 4.69) is 10.1 Å². The van der Waals surface area contributed by atoms with E-state index < -0.39 is 31.1 Å². The van der Waals surface area contributed by atoms with Gasteiger partial charge in [0.15, 0.2) is 11.5 Å². The van der Waals surface area contributed by atoms with Crippen molar-refractivity contribution < 1.29 is 33.7 Å². The smallest absolute Gasteiger partial charge is 0.329 e. The molecule has 0 aliphatic carbocycles. The third-order valence-electron chi connectivity index (χ3n) is 2.34. The Morgan fingerprint density at radius 3 is 2.71 bits per heavy atom. The first-order valence-electron chi connectivity index (χ1n) is 5.84. The van der Waals surface area contributed by atoms with Crippen LogP contribution in [0.4, 0.5) is 10.5 Å². The van der Waals surface area contributed by atoms with Gasteiger partial charge in [0.25, 0.3) is 5.91 Å². The molecule has 0 saturated heterocycles. The van der Waals surface area contributed by atoms with Gasteiger partial charge in [0.1, 0.15) is 13.2 Å². The molecule has 21 heavy (non-hydrogen) atoms. The number of aliphatic carboxylic acids is 1. The van der Waals surface area contributed by atoms with Gasteiger partial charge in [0.05, 0.1) is 0 Å². The van der Waals surface area contributed by atoms with Crippen LogP contribution in [-0.2, 0) is 14.3 Å². The summed E-state index contributed by atoms with van der Waals surface area (Å²) in [4.78, 5) is 33.0. The van der Waals surface area contributed by atoms with Crippen LogP contribution in [0.3, 0.4) is 0 Å². The predicted molar refractivity (Wildman–Crippen MR) is 68.2 cm³/mol. The van der Waals surface area contributed by atoms with E-state index in [-0.39, 0.29) is 6.79 Å². The molecule has 0 spiro atoms. The Kier molecular flexibility index (Phi) is 4.57. The summed E-state index contributed by atoms with van der Waals surface area (Å²) in [6.07, 6.45) is 0. The van der Waals surface area contributed by atoms with Gasteiger partial charge in [-0.15, -0.1) is 0 Å². The number of carbonyl (C=O) groups excluding carboxylic acids is 2. The average Bonchev–Trinajstić information content (AvgIpc) is 2.85. The summed E-state index contributed by atoms with van der Waals surface area (Å²) in [6.45, 7) is -1.03. The van der Waals surface area contributed by atoms with Crippen molar-refractivity contribution in [3.8, 4) is 11.5 Å². The first kappa shape index (κ1) is 14.6. The number of imide groups is 1. The molecule has 1 aromatic carbocycles. The van der Waals surface area contributed by atoms with Gasteiger partial charge in [-0.3, -0.25) is 10.1 Å². The highest BCUT2D eigenvalue weighted by molar-refractivity contribution is 6.01. The zero-order valence-corrected chi connectivity index (χ0v) is 10.8. The number of hydrogen-bond acceptors (Lipinski definition) is 6. The van der Waals surface area contributed by atoms with Gasteiger partial charge in [-0.1, -0.05) is 0 Å². The fourth-order valence-electron chi connectivity index (χ4n) is 1.53. The van der Waals surface area contributed by atoms with Gasteiger partial charge in [-0.2, -0.15) is 0 Å². The van der Waals surface area contributed by atoms with E-state index in [0.717, 1.165) is 0 Å². The molecule has 1 heterocycles. The summed E-state index contributed by atoms with van der Waals surface area (Å²) in [5, 5.41) is 12.7. The van der Waals surface area contributed by atoms with Gasteiger partial charge < -0.3 is 24.6 Å². The van der Waals surface area contributed by atoms with Gasteiger partial charge in [0, 0.05) is 11.8 Å². The van der Waals surface area contributed by atoms with Crippen molar-refractivity contribution in [2.24, 2.45) is 0 Å². The molecule has 3 N–H and O–H groups in total. The standard InChI is InChI=1S/C12H12N2O7/c15-10(4-19-5-11(16)17)14-12(18)13-7-1-2-8-9(3-7)21-6-20-8/h1-3H,4-6H2,(H,16,17)(H2,13,14,15,18). The fraction of sp³-hybridized carbons (Fsp3) is 0.250. The lowest BCUT2D eigenvalue weighted by atomic mass is 10.3. The Balaban J connectivity index is 1.79. The van der Waals surface area contributed by atoms with Crippen LogP contribution < -0.4 is 20.1 Å². The van der Waals surface area contributed by atoms with Crippen LogP contribution in [0.15, 0.2) is 18.2 Å². The molecule has 1 aromatic rings. The number of nitrogens with one attached hydrogen (secondary N) is 2. The number of amides is 3. The molecular formula is C12H12N2O7. The molecule has 3 amide bonds. The molecule has 0 bridgehead atoms. The first-order chi connectivity index (χ1) is 10.0. The second-order valence-electron chi connectivity index (χ2n) is 3.96. The number of urea groups is 1. The average molecular weight is 296 g/mol. The van der Waals surface area contributed by atoms with E-state index >= 15 is 0 Å². The van der Waals surface area contributed by atoms with E-state index in [1.54, 1.807) is 18.2 Å². The Morgan fingerprint density at radius 1 is 1.19 bits per heavy atom. The molecule has 0 unspecified atom stereocenters. The van der Waals surface area contributed by atoms with E-state index in [1.165, 1.54) is 0 Å². The highest BCUT2D eigenvalue weighted by atomic mass is 16.7. The molecule has 0 aromatic heterocycles. The number of rotatable bonds is 5. The van der Waals surface area contributed by atoms with Crippen LogP contribution in [-0.4, -0.2) is 43.0 Å². The minimum Gasteiger partial charge on any atom is -0.480 e. The Labute approximate surface area is 118 Å². The van der Waals surface area contributed by atoms with E-state index in [4.69, 9.17) is 14.6 Å². The van der Waals surface area contributed by atoms with Crippen LogP contribution in [0.5, 0.6) is 11.5 Å². The van der Waals surface area contributed by atoms with Crippen molar-refractivity contribution in [1.82, 2.24) is 5.32 Å². The van der Waals surface area contributed by atoms with Crippen molar-refractivity contribution in [1.29, 1.82) is 0 Å². The Morgan fingerprint density at radius 2 is 1.95 bits per heavy atom. The van der Waals surface area contributed by atoms with Crippen LogP contribution in [0, 0.1) is 0 Å². The van der Waals surface area contributed by atoms with Gasteiger partial charge in [-0.05, 0) is 12.1 Å². The number of hydrogen-bond donors (Lipinski definition) is 3. The van der Waals surface area contributed by atoms with E-state index in [0.29, 0.717) is 17.2 Å². The lowest BCUT2D eigenvalue weighted by Gasteiger charge is -2.07. The third-order valence-corrected chi connectivity index (χ3v) is 2.34. The minimum atomic E-state index is -1.20. The number of anilines is 1. The Bertz CT molecular complexity index is 573. The third kappa shape index (κ3) is 4.35. The lowest BCUT2D eigenvalue weighted by Crippen LogP contribution is -2.37. The molecular weight excluding hydrogens is 284 g/mol. The highest BCUT2D eigenvalue weighted by Crippen LogP contribution is 2.34. The molecule has 1 aliphatic rings. The maximum atomic E-state index is 11.5. The lowest BCUT2D eigenvalue weighted by molar-refractivity contribution is -0.143. The van der Waals surface area contributed by atoms with Crippen molar-refractivity contribution in [2.75, 3.05) is 25.3 Å². The minimum absolute atomic E-state index is 0.115. The Hall–Kier alpha value is -2.81. The molecule has 0 fully saturated rings. The second kappa shape index (κ2) is 6.57. The molecule has 1 aliphatic heterocycles. The van der Waals surface area contributed by atoms with Gasteiger partial charge >= 0.3 is 12.0 Å². The summed E-state index contributed by atoms with van der Waals surface area (Å²) in [5.74, 6) is -0.898. The van der Waals surface area contributed by atoms with Crippen molar-refractivity contribution in [3.05, 3.63) is 18.2 Å². The number of ether oxygens (including phenoxy) is 3. The van der Waals surface area contributed by atoms with Crippen molar-refractivity contribution in [3.63, 3.8) is 0 Å². The van der Waals surface area contributed by atoms with Crippen LogP contribution in [0.25, 0.3) is 0 Å². The quantitative estimate of drug-likeness (QED) is 0.707. The molecule has 0 radical (unpaired) electrons. The summed E-state index contributed by atoms with van der Waals surface area (Å²) in [6, 6.07) is 3.99. The number of carbonyl (C=O) groups is 3. The summed E-state index contributed by atoms with van der Waals surface area (Å²) < 4.78 is 14.8. The van der Waals surface area contributed by atoms with E-state index in [1.807, 2.05) is 5.32 Å². The van der Waals surface area contributed by atoms with Gasteiger partial charge in [0.2, 0.25) is 6.79 Å². The topological polar surface area (TPSA) is 123 Å². The molecule has 0 atom stereocenters. The zero-order valence-electron chi connectivity index (χ0n) is 10.8. The zero-order chi connectivity index (χ0) is 15.2. The number of fused-ring (bicyclic) bond motifs is 1.